The first-order valence-electron chi connectivity index (χ1n) is 9.79. The van der Waals surface area contributed by atoms with Gasteiger partial charge in [-0.25, -0.2) is 4.98 Å². The van der Waals surface area contributed by atoms with Crippen molar-refractivity contribution in [3.63, 3.8) is 0 Å². The highest BCUT2D eigenvalue weighted by atomic mass is 79.9. The first-order valence-corrected chi connectivity index (χ1v) is 11.8. The third-order valence-corrected chi connectivity index (χ3v) is 6.54. The Hall–Kier alpha value is -3.21. The molecular weight excluding hydrogens is 524 g/mol. The van der Waals surface area contributed by atoms with Crippen LogP contribution in [0.4, 0.5) is 5.69 Å². The molecule has 0 aliphatic carbocycles. The molecule has 5 rings (SSSR count). The molecule has 4 aromatic rings. The van der Waals surface area contributed by atoms with Gasteiger partial charge in [0.25, 0.3) is 11.8 Å². The van der Waals surface area contributed by atoms with Crippen LogP contribution in [0.25, 0.3) is 17.1 Å². The predicted octanol–water partition coefficient (Wildman–Crippen LogP) is 5.21. The van der Waals surface area contributed by atoms with E-state index in [0.29, 0.717) is 21.7 Å². The van der Waals surface area contributed by atoms with E-state index in [-0.39, 0.29) is 10.7 Å². The molecule has 1 fully saturated rings. The standard InChI is InChI=1S/C23H15BrN4O3S2/c1-12-10-13(24)6-8-18(12)28-21(30)15(20(29)27-23(28)32)11-14-7-9-19(31-14)33-22-25-16-4-2-3-5-17(16)26-22/h2-11H,1H3,(H,25,26)(H,27,29,32)/b15-11+. The number of hydrogen-bond acceptors (Lipinski definition) is 6. The third kappa shape index (κ3) is 4.24. The number of anilines is 1. The molecule has 2 aromatic heterocycles. The van der Waals surface area contributed by atoms with Gasteiger partial charge in [0.1, 0.15) is 11.3 Å². The zero-order valence-corrected chi connectivity index (χ0v) is 20.3. The van der Waals surface area contributed by atoms with Crippen molar-refractivity contribution in [2.75, 3.05) is 4.90 Å². The minimum absolute atomic E-state index is 0.0353. The summed E-state index contributed by atoms with van der Waals surface area (Å²) < 4.78 is 6.71. The van der Waals surface area contributed by atoms with E-state index >= 15 is 0 Å². The molecule has 0 unspecified atom stereocenters. The fourth-order valence-corrected chi connectivity index (χ4v) is 4.95. The Morgan fingerprint density at radius 3 is 2.76 bits per heavy atom. The molecule has 2 amide bonds. The molecular formula is C23H15BrN4O3S2. The Morgan fingerprint density at radius 1 is 1.15 bits per heavy atom. The Balaban J connectivity index is 1.42. The molecule has 33 heavy (non-hydrogen) atoms. The quantitative estimate of drug-likeness (QED) is 0.210. The van der Waals surface area contributed by atoms with Gasteiger partial charge in [-0.3, -0.25) is 19.8 Å². The lowest BCUT2D eigenvalue weighted by atomic mass is 10.1. The Kier molecular flexibility index (Phi) is 5.65. The van der Waals surface area contributed by atoms with Crippen LogP contribution in [0.15, 0.2) is 79.3 Å². The van der Waals surface area contributed by atoms with E-state index in [1.54, 1.807) is 18.2 Å². The summed E-state index contributed by atoms with van der Waals surface area (Å²) in [7, 11) is 0. The molecule has 0 atom stereocenters. The molecule has 7 nitrogen and oxygen atoms in total. The number of nitrogens with zero attached hydrogens (tertiary/aromatic N) is 2. The number of hydrogen-bond donors (Lipinski definition) is 2. The maximum Gasteiger partial charge on any atom is 0.270 e. The topological polar surface area (TPSA) is 91.2 Å². The van der Waals surface area contributed by atoms with Crippen molar-refractivity contribution in [2.45, 2.75) is 17.2 Å². The van der Waals surface area contributed by atoms with Crippen LogP contribution in [0.1, 0.15) is 11.3 Å². The van der Waals surface area contributed by atoms with Crippen LogP contribution in [0.5, 0.6) is 0 Å². The van der Waals surface area contributed by atoms with Crippen LogP contribution in [0.2, 0.25) is 0 Å². The molecule has 3 heterocycles. The van der Waals surface area contributed by atoms with Gasteiger partial charge in [0.05, 0.1) is 16.7 Å². The van der Waals surface area contributed by atoms with Gasteiger partial charge in [-0.1, -0.05) is 28.1 Å². The fraction of sp³-hybridized carbons (Fsp3) is 0.0435. The molecule has 2 N–H and O–H groups in total. The lowest BCUT2D eigenvalue weighted by Crippen LogP contribution is -2.54. The Morgan fingerprint density at radius 2 is 1.97 bits per heavy atom. The number of aromatic nitrogens is 2. The predicted molar refractivity (Wildman–Crippen MR) is 134 cm³/mol. The number of H-pyrrole nitrogens is 1. The minimum Gasteiger partial charge on any atom is -0.450 e. The minimum atomic E-state index is -0.570. The smallest absolute Gasteiger partial charge is 0.270 e. The summed E-state index contributed by atoms with van der Waals surface area (Å²) in [5, 5.41) is 3.87. The summed E-state index contributed by atoms with van der Waals surface area (Å²) in [6, 6.07) is 16.6. The molecule has 0 spiro atoms. The van der Waals surface area contributed by atoms with Crippen LogP contribution < -0.4 is 10.2 Å². The van der Waals surface area contributed by atoms with Gasteiger partial charge < -0.3 is 9.40 Å². The summed E-state index contributed by atoms with van der Waals surface area (Å²) in [4.78, 5) is 34.8. The van der Waals surface area contributed by atoms with Gasteiger partial charge >= 0.3 is 0 Å². The fourth-order valence-electron chi connectivity index (χ4n) is 3.43. The highest BCUT2D eigenvalue weighted by molar-refractivity contribution is 9.10. The van der Waals surface area contributed by atoms with E-state index in [1.165, 1.54) is 22.7 Å². The van der Waals surface area contributed by atoms with Crippen molar-refractivity contribution in [2.24, 2.45) is 0 Å². The van der Waals surface area contributed by atoms with Crippen LogP contribution in [-0.4, -0.2) is 26.9 Å². The molecule has 1 aliphatic rings. The summed E-state index contributed by atoms with van der Waals surface area (Å²) >= 11 is 10.0. The first kappa shape index (κ1) is 21.6. The Bertz CT molecular complexity index is 1440. The molecule has 0 radical (unpaired) electrons. The second kappa shape index (κ2) is 8.62. The van der Waals surface area contributed by atoms with Crippen molar-refractivity contribution in [3.8, 4) is 0 Å². The van der Waals surface area contributed by atoms with Gasteiger partial charge in [0.2, 0.25) is 0 Å². The monoisotopic (exact) mass is 538 g/mol. The summed E-state index contributed by atoms with van der Waals surface area (Å²) in [6.07, 6.45) is 1.42. The number of amides is 2. The molecule has 1 saturated heterocycles. The Labute approximate surface area is 206 Å². The van der Waals surface area contributed by atoms with Gasteiger partial charge in [0.15, 0.2) is 15.4 Å². The molecule has 0 bridgehead atoms. The second-order valence-corrected chi connectivity index (χ2v) is 9.50. The van der Waals surface area contributed by atoms with E-state index in [4.69, 9.17) is 16.6 Å². The maximum absolute atomic E-state index is 13.2. The van der Waals surface area contributed by atoms with E-state index in [2.05, 4.69) is 31.2 Å². The second-order valence-electron chi connectivity index (χ2n) is 7.21. The summed E-state index contributed by atoms with van der Waals surface area (Å²) in [6.45, 7) is 1.86. The van der Waals surface area contributed by atoms with Crippen LogP contribution in [0.3, 0.4) is 0 Å². The number of carbonyl (C=O) groups is 2. The highest BCUT2D eigenvalue weighted by Gasteiger charge is 2.35. The van der Waals surface area contributed by atoms with Gasteiger partial charge in [-0.05, 0) is 85.0 Å². The van der Waals surface area contributed by atoms with Crippen molar-refractivity contribution >= 4 is 79.6 Å². The van der Waals surface area contributed by atoms with E-state index in [1.807, 2.05) is 43.3 Å². The number of imidazole rings is 1. The summed E-state index contributed by atoms with van der Waals surface area (Å²) in [5.74, 6) is -0.719. The highest BCUT2D eigenvalue weighted by Crippen LogP contribution is 2.31. The number of aromatic amines is 1. The number of rotatable bonds is 4. The summed E-state index contributed by atoms with van der Waals surface area (Å²) in [5.41, 5.74) is 3.15. The SMILES string of the molecule is Cc1cc(Br)ccc1N1C(=O)/C(=C/c2ccc(Sc3nc4ccccc4[nH]3)o2)C(=O)NC1=S. The van der Waals surface area contributed by atoms with Gasteiger partial charge in [0, 0.05) is 4.47 Å². The zero-order chi connectivity index (χ0) is 23.1. The normalized spacial score (nSPS) is 15.5. The largest absolute Gasteiger partial charge is 0.450 e. The van der Waals surface area contributed by atoms with Crippen molar-refractivity contribution < 1.29 is 14.0 Å². The maximum atomic E-state index is 13.2. The zero-order valence-electron chi connectivity index (χ0n) is 17.1. The molecule has 0 saturated carbocycles. The van der Waals surface area contributed by atoms with E-state index in [0.717, 1.165) is 21.1 Å². The lowest BCUT2D eigenvalue weighted by molar-refractivity contribution is -0.122. The lowest BCUT2D eigenvalue weighted by Gasteiger charge is -2.29. The number of aryl methyl sites for hydroxylation is 1. The van der Waals surface area contributed by atoms with E-state index < -0.39 is 11.8 Å². The average molecular weight is 539 g/mol. The van der Waals surface area contributed by atoms with Crippen LogP contribution in [-0.2, 0) is 9.59 Å². The van der Waals surface area contributed by atoms with Gasteiger partial charge in [-0.2, -0.15) is 0 Å². The molecule has 10 heteroatoms. The third-order valence-electron chi connectivity index (χ3n) is 4.96. The van der Waals surface area contributed by atoms with E-state index in [9.17, 15) is 9.59 Å². The number of carbonyl (C=O) groups excluding carboxylic acids is 2. The number of nitrogens with one attached hydrogen (secondary N) is 2. The molecule has 1 aliphatic heterocycles. The van der Waals surface area contributed by atoms with Crippen molar-refractivity contribution in [1.82, 2.24) is 15.3 Å². The first-order chi connectivity index (χ1) is 15.9. The molecule has 164 valence electrons. The average Bonchev–Trinajstić information content (AvgIpc) is 3.38. The number of fused-ring (bicyclic) bond motifs is 1. The van der Waals surface area contributed by atoms with Crippen molar-refractivity contribution in [3.05, 3.63) is 76.0 Å². The molecule has 2 aromatic carbocycles. The van der Waals surface area contributed by atoms with Gasteiger partial charge in [-0.15, -0.1) is 0 Å². The number of furan rings is 1. The van der Waals surface area contributed by atoms with Crippen LogP contribution >= 0.6 is 39.9 Å². The number of para-hydroxylation sites is 2. The number of halogens is 1. The van der Waals surface area contributed by atoms with Crippen molar-refractivity contribution in [1.29, 1.82) is 0 Å². The number of thiocarbonyl (C=S) groups is 1. The van der Waals surface area contributed by atoms with Crippen LogP contribution in [0, 0.1) is 6.92 Å². The number of benzene rings is 2.